The van der Waals surface area contributed by atoms with Gasteiger partial charge in [-0.3, -0.25) is 0 Å². The van der Waals surface area contributed by atoms with Gasteiger partial charge in [0.15, 0.2) is 0 Å². The predicted molar refractivity (Wildman–Crippen MR) is 45.9 cm³/mol. The molecule has 12 heavy (non-hydrogen) atoms. The van der Waals surface area contributed by atoms with E-state index in [0.29, 0.717) is 12.5 Å². The van der Waals surface area contributed by atoms with Crippen molar-refractivity contribution in [2.75, 3.05) is 19.8 Å². The Kier molecular flexibility index (Phi) is 2.10. The van der Waals surface area contributed by atoms with Gasteiger partial charge in [0.1, 0.15) is 0 Å². The van der Waals surface area contributed by atoms with Crippen LogP contribution in [0.1, 0.15) is 19.8 Å². The fraction of sp³-hybridized carbons (Fsp3) is 1.00. The molecule has 3 heteroatoms. The molecule has 0 aromatic carbocycles. The lowest BCUT2D eigenvalue weighted by Gasteiger charge is -2.38. The first-order valence-electron chi connectivity index (χ1n) is 4.70. The lowest BCUT2D eigenvalue weighted by molar-refractivity contribution is -0.0928. The number of ether oxygens (including phenoxy) is 2. The van der Waals surface area contributed by atoms with Crippen LogP contribution in [0.5, 0.6) is 0 Å². The Morgan fingerprint density at radius 2 is 2.25 bits per heavy atom. The maximum Gasteiger partial charge on any atom is 0.0880 e. The van der Waals surface area contributed by atoms with E-state index in [1.54, 1.807) is 0 Å². The first-order valence-corrected chi connectivity index (χ1v) is 4.70. The molecule has 2 heterocycles. The normalized spacial score (nSPS) is 48.5. The number of rotatable bonds is 0. The molecule has 3 atom stereocenters. The van der Waals surface area contributed by atoms with Gasteiger partial charge in [-0.1, -0.05) is 6.92 Å². The molecule has 2 aliphatic rings. The van der Waals surface area contributed by atoms with Crippen LogP contribution >= 0.6 is 0 Å². The summed E-state index contributed by atoms with van der Waals surface area (Å²) in [5.41, 5.74) is 5.94. The first-order chi connectivity index (χ1) is 5.73. The van der Waals surface area contributed by atoms with E-state index in [9.17, 15) is 0 Å². The predicted octanol–water partition coefficient (Wildman–Crippen LogP) is 0.529. The van der Waals surface area contributed by atoms with E-state index < -0.39 is 0 Å². The summed E-state index contributed by atoms with van der Waals surface area (Å²) in [7, 11) is 0. The SMILES string of the molecule is C[C@@H]1CO[C@@]2(CCOC[C@@H]2N)C1. The average Bonchev–Trinajstić information content (AvgIpc) is 2.41. The van der Waals surface area contributed by atoms with Gasteiger partial charge in [0.05, 0.1) is 24.9 Å². The van der Waals surface area contributed by atoms with Crippen LogP contribution < -0.4 is 5.73 Å². The highest BCUT2D eigenvalue weighted by Crippen LogP contribution is 2.36. The summed E-state index contributed by atoms with van der Waals surface area (Å²) in [5.74, 6) is 0.661. The lowest BCUT2D eigenvalue weighted by atomic mass is 9.84. The zero-order chi connectivity index (χ0) is 8.60. The van der Waals surface area contributed by atoms with Gasteiger partial charge in [0.25, 0.3) is 0 Å². The molecule has 2 fully saturated rings. The molecular weight excluding hydrogens is 154 g/mol. The minimum atomic E-state index is -0.0440. The minimum absolute atomic E-state index is 0.0440. The van der Waals surface area contributed by atoms with Crippen molar-refractivity contribution < 1.29 is 9.47 Å². The monoisotopic (exact) mass is 171 g/mol. The van der Waals surface area contributed by atoms with Gasteiger partial charge >= 0.3 is 0 Å². The Morgan fingerprint density at radius 1 is 1.42 bits per heavy atom. The molecule has 2 rings (SSSR count). The zero-order valence-electron chi connectivity index (χ0n) is 7.58. The summed E-state index contributed by atoms with van der Waals surface area (Å²) < 4.78 is 11.1. The Labute approximate surface area is 73.2 Å². The van der Waals surface area contributed by atoms with Crippen LogP contribution in [0.4, 0.5) is 0 Å². The van der Waals surface area contributed by atoms with E-state index in [0.717, 1.165) is 26.1 Å². The van der Waals surface area contributed by atoms with Crippen LogP contribution in [0.3, 0.4) is 0 Å². The molecule has 0 aromatic rings. The van der Waals surface area contributed by atoms with Crippen molar-refractivity contribution in [3.05, 3.63) is 0 Å². The zero-order valence-corrected chi connectivity index (χ0v) is 7.58. The molecular formula is C9H17NO2. The van der Waals surface area contributed by atoms with Crippen LogP contribution in [-0.4, -0.2) is 31.5 Å². The third-order valence-corrected chi connectivity index (χ3v) is 2.99. The molecule has 0 saturated carbocycles. The summed E-state index contributed by atoms with van der Waals surface area (Å²) in [5, 5.41) is 0. The topological polar surface area (TPSA) is 44.5 Å². The molecule has 0 bridgehead atoms. The number of hydrogen-bond donors (Lipinski definition) is 1. The maximum absolute atomic E-state index is 5.99. The van der Waals surface area contributed by atoms with Crippen molar-refractivity contribution in [1.82, 2.24) is 0 Å². The van der Waals surface area contributed by atoms with Gasteiger partial charge in [-0.15, -0.1) is 0 Å². The van der Waals surface area contributed by atoms with Gasteiger partial charge in [-0.25, -0.2) is 0 Å². The fourth-order valence-corrected chi connectivity index (χ4v) is 2.24. The largest absolute Gasteiger partial charge is 0.380 e. The second kappa shape index (κ2) is 2.98. The summed E-state index contributed by atoms with van der Waals surface area (Å²) >= 11 is 0. The molecule has 0 unspecified atom stereocenters. The molecule has 0 aliphatic carbocycles. The highest BCUT2D eigenvalue weighted by Gasteiger charge is 2.45. The molecule has 0 radical (unpaired) electrons. The van der Waals surface area contributed by atoms with Gasteiger partial charge in [-0.2, -0.15) is 0 Å². The second-order valence-electron chi connectivity index (χ2n) is 4.12. The first kappa shape index (κ1) is 8.48. The van der Waals surface area contributed by atoms with Crippen molar-refractivity contribution in [3.8, 4) is 0 Å². The van der Waals surface area contributed by atoms with Crippen LogP contribution in [0.2, 0.25) is 0 Å². The average molecular weight is 171 g/mol. The summed E-state index contributed by atoms with van der Waals surface area (Å²) in [6.45, 7) is 4.55. The maximum atomic E-state index is 5.99. The van der Waals surface area contributed by atoms with Crippen molar-refractivity contribution in [2.45, 2.75) is 31.4 Å². The molecule has 70 valence electrons. The molecule has 0 amide bonds. The van der Waals surface area contributed by atoms with E-state index in [1.165, 1.54) is 0 Å². The van der Waals surface area contributed by atoms with E-state index >= 15 is 0 Å². The highest BCUT2D eigenvalue weighted by atomic mass is 16.5. The summed E-state index contributed by atoms with van der Waals surface area (Å²) in [4.78, 5) is 0. The Bertz CT molecular complexity index is 170. The third-order valence-electron chi connectivity index (χ3n) is 2.99. The van der Waals surface area contributed by atoms with Crippen molar-refractivity contribution in [2.24, 2.45) is 11.7 Å². The molecule has 2 N–H and O–H groups in total. The third kappa shape index (κ3) is 1.26. The van der Waals surface area contributed by atoms with Crippen LogP contribution in [0.15, 0.2) is 0 Å². The van der Waals surface area contributed by atoms with E-state index in [1.807, 2.05) is 0 Å². The van der Waals surface area contributed by atoms with Crippen LogP contribution in [-0.2, 0) is 9.47 Å². The van der Waals surface area contributed by atoms with Crippen molar-refractivity contribution in [1.29, 1.82) is 0 Å². The quantitative estimate of drug-likeness (QED) is 0.578. The summed E-state index contributed by atoms with van der Waals surface area (Å²) in [6, 6.07) is 0.0798. The van der Waals surface area contributed by atoms with Crippen LogP contribution in [0.25, 0.3) is 0 Å². The number of nitrogens with two attached hydrogens (primary N) is 1. The highest BCUT2D eigenvalue weighted by molar-refractivity contribution is 4.98. The summed E-state index contributed by atoms with van der Waals surface area (Å²) in [6.07, 6.45) is 2.08. The van der Waals surface area contributed by atoms with Crippen molar-refractivity contribution in [3.63, 3.8) is 0 Å². The molecule has 0 aromatic heterocycles. The standard InChI is InChI=1S/C9H17NO2/c1-7-4-9(12-5-7)2-3-11-6-8(9)10/h7-8H,2-6,10H2,1H3/t7-,8-,9-/m0/s1. The Balaban J connectivity index is 2.07. The molecule has 2 aliphatic heterocycles. The lowest BCUT2D eigenvalue weighted by Crippen LogP contribution is -2.54. The molecule has 3 nitrogen and oxygen atoms in total. The fourth-order valence-electron chi connectivity index (χ4n) is 2.24. The van der Waals surface area contributed by atoms with E-state index in [2.05, 4.69) is 6.92 Å². The van der Waals surface area contributed by atoms with Gasteiger partial charge in [0.2, 0.25) is 0 Å². The second-order valence-corrected chi connectivity index (χ2v) is 4.12. The molecule has 2 saturated heterocycles. The van der Waals surface area contributed by atoms with E-state index in [4.69, 9.17) is 15.2 Å². The molecule has 1 spiro atoms. The van der Waals surface area contributed by atoms with Gasteiger partial charge < -0.3 is 15.2 Å². The van der Waals surface area contributed by atoms with Gasteiger partial charge in [-0.05, 0) is 12.3 Å². The minimum Gasteiger partial charge on any atom is -0.380 e. The number of hydrogen-bond acceptors (Lipinski definition) is 3. The Morgan fingerprint density at radius 3 is 2.83 bits per heavy atom. The van der Waals surface area contributed by atoms with Crippen LogP contribution in [0, 0.1) is 5.92 Å². The smallest absolute Gasteiger partial charge is 0.0880 e. The Hall–Kier alpha value is -0.120. The van der Waals surface area contributed by atoms with Gasteiger partial charge in [0, 0.05) is 13.0 Å². The van der Waals surface area contributed by atoms with E-state index in [-0.39, 0.29) is 11.6 Å². The van der Waals surface area contributed by atoms with Crippen molar-refractivity contribution >= 4 is 0 Å².